The molecule has 7 heteroatoms. The molecular weight excluding hydrogens is 347 g/mol. The van der Waals surface area contributed by atoms with Gasteiger partial charge in [-0.3, -0.25) is 4.98 Å². The second-order valence-electron chi connectivity index (χ2n) is 5.33. The fourth-order valence-corrected chi connectivity index (χ4v) is 3.26. The molecule has 0 aliphatic heterocycles. The minimum Gasteiger partial charge on any atom is -0.253 e. The van der Waals surface area contributed by atoms with Crippen LogP contribution in [0, 0.1) is 6.92 Å². The van der Waals surface area contributed by atoms with Gasteiger partial charge < -0.3 is 0 Å². The maximum absolute atomic E-state index is 13.1. The van der Waals surface area contributed by atoms with E-state index in [4.69, 9.17) is 0 Å². The van der Waals surface area contributed by atoms with Crippen molar-refractivity contribution in [2.24, 2.45) is 0 Å². The highest BCUT2D eigenvalue weighted by molar-refractivity contribution is 7.98. The summed E-state index contributed by atoms with van der Waals surface area (Å²) in [4.78, 5) is 13.0. The zero-order chi connectivity index (χ0) is 17.9. The molecule has 0 bridgehead atoms. The molecule has 3 rings (SSSR count). The van der Waals surface area contributed by atoms with Crippen molar-refractivity contribution in [1.29, 1.82) is 0 Å². The van der Waals surface area contributed by atoms with Crippen LogP contribution in [0.15, 0.2) is 59.8 Å². The van der Waals surface area contributed by atoms with E-state index in [0.29, 0.717) is 16.5 Å². The third kappa shape index (κ3) is 4.36. The fraction of sp³-hybridized carbons (Fsp3) is 0.167. The maximum atomic E-state index is 13.1. The van der Waals surface area contributed by atoms with Gasteiger partial charge in [-0.25, -0.2) is 9.97 Å². The lowest BCUT2D eigenvalue weighted by Gasteiger charge is -2.12. The molecule has 0 fully saturated rings. The van der Waals surface area contributed by atoms with Gasteiger partial charge in [0, 0.05) is 17.6 Å². The molecule has 25 heavy (non-hydrogen) atoms. The van der Waals surface area contributed by atoms with E-state index >= 15 is 0 Å². The van der Waals surface area contributed by atoms with E-state index in [0.717, 1.165) is 11.8 Å². The van der Waals surface area contributed by atoms with E-state index in [2.05, 4.69) is 15.0 Å². The van der Waals surface area contributed by atoms with Crippen molar-refractivity contribution in [3.63, 3.8) is 0 Å². The third-order valence-electron chi connectivity index (χ3n) is 3.42. The predicted molar refractivity (Wildman–Crippen MR) is 91.0 cm³/mol. The fourth-order valence-electron chi connectivity index (χ4n) is 2.30. The van der Waals surface area contributed by atoms with Crippen LogP contribution in [0.25, 0.3) is 11.5 Å². The zero-order valence-electron chi connectivity index (χ0n) is 13.3. The number of pyridine rings is 1. The lowest BCUT2D eigenvalue weighted by atomic mass is 10.1. The van der Waals surface area contributed by atoms with Gasteiger partial charge in [0.2, 0.25) is 0 Å². The van der Waals surface area contributed by atoms with Crippen molar-refractivity contribution < 1.29 is 13.2 Å². The molecule has 0 aliphatic rings. The SMILES string of the molecule is Cc1cc(SCc2ccccc2C(F)(F)F)nc(-c2ccccn2)n1. The monoisotopic (exact) mass is 361 g/mol. The summed E-state index contributed by atoms with van der Waals surface area (Å²) < 4.78 is 39.2. The molecule has 0 radical (unpaired) electrons. The minimum atomic E-state index is -4.36. The number of hydrogen-bond donors (Lipinski definition) is 0. The molecule has 128 valence electrons. The normalized spacial score (nSPS) is 11.5. The van der Waals surface area contributed by atoms with E-state index in [9.17, 15) is 13.2 Å². The molecule has 0 amide bonds. The molecule has 0 N–H and O–H groups in total. The average Bonchev–Trinajstić information content (AvgIpc) is 2.60. The third-order valence-corrected chi connectivity index (χ3v) is 4.38. The van der Waals surface area contributed by atoms with E-state index in [1.165, 1.54) is 23.9 Å². The lowest BCUT2D eigenvalue weighted by Crippen LogP contribution is -2.08. The average molecular weight is 361 g/mol. The van der Waals surface area contributed by atoms with Gasteiger partial charge in [0.1, 0.15) is 10.7 Å². The molecule has 0 spiro atoms. The second-order valence-corrected chi connectivity index (χ2v) is 6.33. The first kappa shape index (κ1) is 17.4. The Kier molecular flexibility index (Phi) is 5.03. The zero-order valence-corrected chi connectivity index (χ0v) is 14.1. The molecule has 2 heterocycles. The van der Waals surface area contributed by atoms with Gasteiger partial charge in [-0.15, -0.1) is 11.8 Å². The number of aromatic nitrogens is 3. The first-order valence-electron chi connectivity index (χ1n) is 7.48. The van der Waals surface area contributed by atoms with Crippen molar-refractivity contribution in [2.75, 3.05) is 0 Å². The van der Waals surface area contributed by atoms with Crippen molar-refractivity contribution in [3.05, 3.63) is 71.5 Å². The molecule has 0 atom stereocenters. The van der Waals surface area contributed by atoms with Crippen LogP contribution in [0.4, 0.5) is 13.2 Å². The smallest absolute Gasteiger partial charge is 0.253 e. The highest BCUT2D eigenvalue weighted by Gasteiger charge is 2.32. The highest BCUT2D eigenvalue weighted by Crippen LogP contribution is 2.34. The van der Waals surface area contributed by atoms with Gasteiger partial charge in [-0.1, -0.05) is 24.3 Å². The summed E-state index contributed by atoms with van der Waals surface area (Å²) in [5, 5.41) is 0.616. The topological polar surface area (TPSA) is 38.7 Å². The van der Waals surface area contributed by atoms with E-state index < -0.39 is 11.7 Å². The van der Waals surface area contributed by atoms with Crippen LogP contribution in [0.5, 0.6) is 0 Å². The van der Waals surface area contributed by atoms with Crippen LogP contribution < -0.4 is 0 Å². The quantitative estimate of drug-likeness (QED) is 0.475. The van der Waals surface area contributed by atoms with Gasteiger partial charge in [0.15, 0.2) is 5.82 Å². The Morgan fingerprint density at radius 1 is 1.00 bits per heavy atom. The standard InChI is InChI=1S/C18H14F3N3S/c1-12-10-16(24-17(23-12)15-8-4-5-9-22-15)25-11-13-6-2-3-7-14(13)18(19,20)21/h2-10H,11H2,1H3. The molecule has 0 saturated carbocycles. The minimum absolute atomic E-state index is 0.174. The molecule has 3 aromatic rings. The molecule has 0 unspecified atom stereocenters. The summed E-state index contributed by atoms with van der Waals surface area (Å²) in [6.07, 6.45) is -2.72. The van der Waals surface area contributed by atoms with Gasteiger partial charge in [-0.05, 0) is 36.8 Å². The van der Waals surface area contributed by atoms with Gasteiger partial charge >= 0.3 is 6.18 Å². The Morgan fingerprint density at radius 3 is 2.48 bits per heavy atom. The molecule has 1 aromatic carbocycles. The van der Waals surface area contributed by atoms with Crippen molar-refractivity contribution >= 4 is 11.8 Å². The summed E-state index contributed by atoms with van der Waals surface area (Å²) >= 11 is 1.25. The number of nitrogens with zero attached hydrogens (tertiary/aromatic N) is 3. The Labute approximate surface area is 147 Å². The Hall–Kier alpha value is -2.41. The first-order chi connectivity index (χ1) is 11.9. The Morgan fingerprint density at radius 2 is 1.76 bits per heavy atom. The number of hydrogen-bond acceptors (Lipinski definition) is 4. The molecule has 0 saturated heterocycles. The molecule has 3 nitrogen and oxygen atoms in total. The Balaban J connectivity index is 1.84. The molecule has 2 aromatic heterocycles. The van der Waals surface area contributed by atoms with Gasteiger partial charge in [0.25, 0.3) is 0 Å². The summed E-state index contributed by atoms with van der Waals surface area (Å²) in [6, 6.07) is 12.8. The second kappa shape index (κ2) is 7.23. The van der Waals surface area contributed by atoms with Crippen LogP contribution in [0.3, 0.4) is 0 Å². The van der Waals surface area contributed by atoms with E-state index in [-0.39, 0.29) is 11.3 Å². The van der Waals surface area contributed by atoms with E-state index in [1.807, 2.05) is 13.0 Å². The van der Waals surface area contributed by atoms with Crippen LogP contribution in [-0.2, 0) is 11.9 Å². The maximum Gasteiger partial charge on any atom is 0.416 e. The number of rotatable bonds is 4. The number of thioether (sulfide) groups is 1. The summed E-state index contributed by atoms with van der Waals surface area (Å²) in [5.41, 5.74) is 0.986. The van der Waals surface area contributed by atoms with Crippen molar-refractivity contribution in [2.45, 2.75) is 23.9 Å². The van der Waals surface area contributed by atoms with Gasteiger partial charge in [0.05, 0.1) is 5.56 Å². The number of alkyl halides is 3. The number of aryl methyl sites for hydroxylation is 1. The van der Waals surface area contributed by atoms with Crippen LogP contribution >= 0.6 is 11.8 Å². The number of halogens is 3. The largest absolute Gasteiger partial charge is 0.416 e. The summed E-state index contributed by atoms with van der Waals surface area (Å²) in [7, 11) is 0. The van der Waals surface area contributed by atoms with E-state index in [1.54, 1.807) is 30.5 Å². The van der Waals surface area contributed by atoms with Crippen LogP contribution in [-0.4, -0.2) is 15.0 Å². The summed E-state index contributed by atoms with van der Waals surface area (Å²) in [5.74, 6) is 0.639. The highest BCUT2D eigenvalue weighted by atomic mass is 32.2. The molecule has 0 aliphatic carbocycles. The van der Waals surface area contributed by atoms with Gasteiger partial charge in [-0.2, -0.15) is 13.2 Å². The number of benzene rings is 1. The van der Waals surface area contributed by atoms with Crippen LogP contribution in [0.1, 0.15) is 16.8 Å². The predicted octanol–water partition coefficient (Wildman–Crippen LogP) is 5.16. The van der Waals surface area contributed by atoms with Crippen molar-refractivity contribution in [1.82, 2.24) is 15.0 Å². The van der Waals surface area contributed by atoms with Crippen LogP contribution in [0.2, 0.25) is 0 Å². The summed E-state index contributed by atoms with van der Waals surface area (Å²) in [6.45, 7) is 1.82. The molecular formula is C18H14F3N3S. The Bertz CT molecular complexity index is 867. The van der Waals surface area contributed by atoms with Crippen molar-refractivity contribution in [3.8, 4) is 11.5 Å². The first-order valence-corrected chi connectivity index (χ1v) is 8.47. The lowest BCUT2D eigenvalue weighted by molar-refractivity contribution is -0.138.